The van der Waals surface area contributed by atoms with Crippen LogP contribution in [0.1, 0.15) is 43.4 Å². The van der Waals surface area contributed by atoms with E-state index >= 15 is 0 Å². The number of amides is 1. The maximum atomic E-state index is 13.7. The van der Waals surface area contributed by atoms with Crippen LogP contribution in [0.3, 0.4) is 0 Å². The highest BCUT2D eigenvalue weighted by Gasteiger charge is 2.42. The van der Waals surface area contributed by atoms with Crippen molar-refractivity contribution in [1.82, 2.24) is 9.80 Å². The number of likely N-dealkylation sites (tertiary alicyclic amines) is 1. The number of amidine groups is 1. The van der Waals surface area contributed by atoms with Crippen LogP contribution in [0.25, 0.3) is 0 Å². The second-order valence-electron chi connectivity index (χ2n) is 9.37. The smallest absolute Gasteiger partial charge is 0.338 e. The maximum Gasteiger partial charge on any atom is 0.338 e. The molecule has 3 aliphatic heterocycles. The van der Waals surface area contributed by atoms with E-state index < -0.39 is 12.0 Å². The second kappa shape index (κ2) is 11.3. The maximum absolute atomic E-state index is 13.7. The molecule has 0 radical (unpaired) electrons. The van der Waals surface area contributed by atoms with Gasteiger partial charge in [-0.1, -0.05) is 42.1 Å². The van der Waals surface area contributed by atoms with E-state index in [1.807, 2.05) is 64.6 Å². The number of thioether (sulfide) groups is 1. The molecule has 1 amide bonds. The van der Waals surface area contributed by atoms with E-state index in [-0.39, 0.29) is 18.9 Å². The fraction of sp³-hybridized carbons (Fsp3) is 0.345. The summed E-state index contributed by atoms with van der Waals surface area (Å²) in [7, 11) is 3.18. The van der Waals surface area contributed by atoms with Crippen LogP contribution in [0, 0.1) is 0 Å². The van der Waals surface area contributed by atoms with Crippen molar-refractivity contribution in [3.63, 3.8) is 0 Å². The lowest BCUT2D eigenvalue weighted by atomic mass is 9.93. The minimum absolute atomic E-state index is 0.0806. The van der Waals surface area contributed by atoms with Crippen molar-refractivity contribution in [3.8, 4) is 11.5 Å². The molecule has 2 aromatic carbocycles. The number of esters is 1. The molecular formula is C29H31N3O5S. The molecule has 1 fully saturated rings. The van der Waals surface area contributed by atoms with Gasteiger partial charge in [-0.05, 0) is 48.4 Å². The number of rotatable bonds is 8. The molecule has 3 aliphatic rings. The molecule has 5 rings (SSSR count). The van der Waals surface area contributed by atoms with E-state index in [4.69, 9.17) is 19.2 Å². The first-order valence-electron chi connectivity index (χ1n) is 12.6. The summed E-state index contributed by atoms with van der Waals surface area (Å²) in [4.78, 5) is 35.4. The van der Waals surface area contributed by atoms with Crippen LogP contribution >= 0.6 is 11.8 Å². The first-order valence-corrected chi connectivity index (χ1v) is 13.5. The Bertz CT molecular complexity index is 1290. The number of allylic oxidation sites excluding steroid dienone is 1. The number of hydrogen-bond donors (Lipinski definition) is 0. The van der Waals surface area contributed by atoms with E-state index in [0.717, 1.165) is 47.9 Å². The van der Waals surface area contributed by atoms with E-state index in [0.29, 0.717) is 22.8 Å². The summed E-state index contributed by atoms with van der Waals surface area (Å²) >= 11 is 1.46. The minimum Gasteiger partial charge on any atom is -0.497 e. The normalized spacial score (nSPS) is 18.7. The average molecular weight is 534 g/mol. The molecule has 1 atom stereocenters. The fourth-order valence-electron chi connectivity index (χ4n) is 4.97. The lowest BCUT2D eigenvalue weighted by molar-refractivity contribution is -0.141. The summed E-state index contributed by atoms with van der Waals surface area (Å²) < 4.78 is 16.9. The molecule has 9 heteroatoms. The molecule has 8 nitrogen and oxygen atoms in total. The molecule has 198 valence electrons. The summed E-state index contributed by atoms with van der Waals surface area (Å²) in [6, 6.07) is 14.6. The van der Waals surface area contributed by atoms with Gasteiger partial charge in [0.25, 0.3) is 0 Å². The van der Waals surface area contributed by atoms with Gasteiger partial charge in [-0.15, -0.1) is 0 Å². The van der Waals surface area contributed by atoms with Crippen molar-refractivity contribution in [3.05, 3.63) is 82.0 Å². The van der Waals surface area contributed by atoms with Gasteiger partial charge < -0.3 is 24.0 Å². The Balaban J connectivity index is 1.52. The number of benzene rings is 2. The third-order valence-electron chi connectivity index (χ3n) is 6.91. The van der Waals surface area contributed by atoms with Gasteiger partial charge in [0.1, 0.15) is 18.1 Å². The van der Waals surface area contributed by atoms with Crippen LogP contribution < -0.4 is 9.47 Å². The molecule has 38 heavy (non-hydrogen) atoms. The number of carbonyl (C=O) groups is 2. The molecule has 0 bridgehead atoms. The average Bonchev–Trinajstić information content (AvgIpc) is 3.62. The zero-order valence-electron chi connectivity index (χ0n) is 21.8. The van der Waals surface area contributed by atoms with Crippen LogP contribution in [0.5, 0.6) is 11.5 Å². The SMILES string of the molecule is COc1cc(OC)cc([C@H]2C(C(=O)OCc3ccccc3)=C(C)N=C3SC=C(CC(=O)N4CCCC4)N32)c1. The first kappa shape index (κ1) is 25.9. The molecule has 0 unspecified atom stereocenters. The van der Waals surface area contributed by atoms with E-state index in [1.54, 1.807) is 20.3 Å². The largest absolute Gasteiger partial charge is 0.497 e. The molecule has 0 aliphatic carbocycles. The molecule has 1 saturated heterocycles. The number of aliphatic imine (C=N–C) groups is 1. The van der Waals surface area contributed by atoms with Crippen molar-refractivity contribution >= 4 is 28.8 Å². The Morgan fingerprint density at radius 3 is 2.37 bits per heavy atom. The van der Waals surface area contributed by atoms with Crippen molar-refractivity contribution in [1.29, 1.82) is 0 Å². The number of fused-ring (bicyclic) bond motifs is 1. The molecule has 0 aromatic heterocycles. The summed E-state index contributed by atoms with van der Waals surface area (Å²) in [6.07, 6.45) is 2.29. The van der Waals surface area contributed by atoms with E-state index in [9.17, 15) is 9.59 Å². The van der Waals surface area contributed by atoms with Gasteiger partial charge in [-0.2, -0.15) is 0 Å². The van der Waals surface area contributed by atoms with E-state index in [1.165, 1.54) is 11.8 Å². The Kier molecular flexibility index (Phi) is 7.74. The third-order valence-corrected chi connectivity index (χ3v) is 7.80. The van der Waals surface area contributed by atoms with Crippen LogP contribution in [-0.4, -0.2) is 54.2 Å². The molecule has 0 spiro atoms. The van der Waals surface area contributed by atoms with Crippen molar-refractivity contribution in [2.24, 2.45) is 4.99 Å². The minimum atomic E-state index is -0.567. The highest BCUT2D eigenvalue weighted by Crippen LogP contribution is 2.46. The lowest BCUT2D eigenvalue weighted by Crippen LogP contribution is -2.38. The highest BCUT2D eigenvalue weighted by molar-refractivity contribution is 8.16. The number of methoxy groups -OCH3 is 2. The van der Waals surface area contributed by atoms with Gasteiger partial charge in [0.2, 0.25) is 5.91 Å². The Morgan fingerprint density at radius 1 is 1.03 bits per heavy atom. The van der Waals surface area contributed by atoms with Gasteiger partial charge in [0.05, 0.1) is 38.0 Å². The standard InChI is InChI=1S/C29H31N3O5S/c1-19-26(28(34)37-17-20-9-5-4-6-10-20)27(21-13-23(35-2)16-24(14-21)36-3)32-22(18-38-29(32)30-19)15-25(33)31-11-7-8-12-31/h4-6,9-10,13-14,16,18,27H,7-8,11-12,15,17H2,1-3H3/t27-/m0/s1. The Morgan fingerprint density at radius 2 is 1.71 bits per heavy atom. The predicted octanol–water partition coefficient (Wildman–Crippen LogP) is 5.03. The fourth-order valence-corrected chi connectivity index (χ4v) is 5.93. The van der Waals surface area contributed by atoms with Crippen LogP contribution in [0.2, 0.25) is 0 Å². The second-order valence-corrected chi connectivity index (χ2v) is 10.2. The summed E-state index contributed by atoms with van der Waals surface area (Å²) in [5.41, 5.74) is 3.48. The lowest BCUT2D eigenvalue weighted by Gasteiger charge is -2.36. The van der Waals surface area contributed by atoms with Crippen molar-refractivity contribution in [2.45, 2.75) is 38.8 Å². The monoisotopic (exact) mass is 533 g/mol. The summed E-state index contributed by atoms with van der Waals surface area (Å²) in [5.74, 6) is 0.826. The van der Waals surface area contributed by atoms with Gasteiger partial charge in [0.15, 0.2) is 5.17 Å². The van der Waals surface area contributed by atoms with Crippen LogP contribution in [0.4, 0.5) is 0 Å². The molecule has 0 saturated carbocycles. The number of ether oxygens (including phenoxy) is 3. The third kappa shape index (κ3) is 5.29. The quantitative estimate of drug-likeness (QED) is 0.440. The van der Waals surface area contributed by atoms with Gasteiger partial charge in [-0.3, -0.25) is 4.79 Å². The predicted molar refractivity (Wildman–Crippen MR) is 147 cm³/mol. The van der Waals surface area contributed by atoms with Crippen LogP contribution in [0.15, 0.2) is 75.9 Å². The highest BCUT2D eigenvalue weighted by atomic mass is 32.2. The first-order chi connectivity index (χ1) is 18.5. The van der Waals surface area contributed by atoms with Gasteiger partial charge in [0, 0.05) is 24.9 Å². The molecule has 3 heterocycles. The zero-order chi connectivity index (χ0) is 26.6. The van der Waals surface area contributed by atoms with Gasteiger partial charge >= 0.3 is 5.97 Å². The van der Waals surface area contributed by atoms with Crippen LogP contribution in [-0.2, 0) is 20.9 Å². The van der Waals surface area contributed by atoms with Crippen molar-refractivity contribution in [2.75, 3.05) is 27.3 Å². The van der Waals surface area contributed by atoms with Crippen molar-refractivity contribution < 1.29 is 23.8 Å². The Labute approximate surface area is 226 Å². The molecular weight excluding hydrogens is 502 g/mol. The topological polar surface area (TPSA) is 80.7 Å². The number of nitrogens with zero attached hydrogens (tertiary/aromatic N) is 3. The Hall–Kier alpha value is -3.72. The number of hydrogen-bond acceptors (Lipinski definition) is 8. The van der Waals surface area contributed by atoms with E-state index in [2.05, 4.69) is 0 Å². The number of carbonyl (C=O) groups excluding carboxylic acids is 2. The molecule has 2 aromatic rings. The molecule has 0 N–H and O–H groups in total. The summed E-state index contributed by atoms with van der Waals surface area (Å²) in [6.45, 7) is 3.54. The summed E-state index contributed by atoms with van der Waals surface area (Å²) in [5, 5.41) is 2.68. The zero-order valence-corrected chi connectivity index (χ0v) is 22.6. The van der Waals surface area contributed by atoms with Gasteiger partial charge in [-0.25, -0.2) is 9.79 Å².